The predicted octanol–water partition coefficient (Wildman–Crippen LogP) is 1.39. The molecule has 0 bridgehead atoms. The van der Waals surface area contributed by atoms with Crippen LogP contribution < -0.4 is 10.6 Å². The van der Waals surface area contributed by atoms with E-state index in [-0.39, 0.29) is 0 Å². The van der Waals surface area contributed by atoms with Crippen LogP contribution in [0.2, 0.25) is 0 Å². The van der Waals surface area contributed by atoms with Gasteiger partial charge in [-0.15, -0.1) is 0 Å². The Kier molecular flexibility index (Phi) is 6.12. The van der Waals surface area contributed by atoms with E-state index in [1.54, 1.807) is 0 Å². The molecule has 0 saturated carbocycles. The molecule has 1 aromatic heterocycles. The van der Waals surface area contributed by atoms with Crippen LogP contribution in [0.1, 0.15) is 19.0 Å². The highest BCUT2D eigenvalue weighted by Gasteiger charge is 2.03. The third-order valence-electron chi connectivity index (χ3n) is 2.74. The Balaban J connectivity index is 2.05. The van der Waals surface area contributed by atoms with E-state index in [1.165, 1.54) is 12.1 Å². The van der Waals surface area contributed by atoms with E-state index in [9.17, 15) is 0 Å². The molecule has 0 aliphatic rings. The zero-order valence-corrected chi connectivity index (χ0v) is 9.84. The second-order valence-electron chi connectivity index (χ2n) is 3.98. The van der Waals surface area contributed by atoms with Gasteiger partial charge in [0, 0.05) is 18.4 Å². The second-order valence-corrected chi connectivity index (χ2v) is 3.98. The van der Waals surface area contributed by atoms with E-state index < -0.39 is 0 Å². The highest BCUT2D eigenvalue weighted by Crippen LogP contribution is 1.99. The van der Waals surface area contributed by atoms with Crippen molar-refractivity contribution in [3.8, 4) is 0 Å². The number of H-pyrrole nitrogens is 1. The van der Waals surface area contributed by atoms with Gasteiger partial charge in [-0.2, -0.15) is 0 Å². The van der Waals surface area contributed by atoms with Crippen molar-refractivity contribution in [2.75, 3.05) is 26.7 Å². The summed E-state index contributed by atoms with van der Waals surface area (Å²) in [6.45, 7) is 5.51. The van der Waals surface area contributed by atoms with Gasteiger partial charge in [-0.1, -0.05) is 13.3 Å². The van der Waals surface area contributed by atoms with Crippen LogP contribution in [0.25, 0.3) is 0 Å². The highest BCUT2D eigenvalue weighted by molar-refractivity contribution is 5.03. The zero-order chi connectivity index (χ0) is 10.9. The minimum Gasteiger partial charge on any atom is -0.365 e. The first-order chi connectivity index (χ1) is 7.36. The average Bonchev–Trinajstić information content (AvgIpc) is 2.75. The molecule has 1 rings (SSSR count). The summed E-state index contributed by atoms with van der Waals surface area (Å²) in [5, 5.41) is 6.73. The van der Waals surface area contributed by atoms with Gasteiger partial charge in [0.25, 0.3) is 0 Å². The fourth-order valence-corrected chi connectivity index (χ4v) is 1.70. The Labute approximate surface area is 92.7 Å². The number of aromatic amines is 1. The molecular weight excluding hydrogens is 186 g/mol. The Hall–Kier alpha value is -0.800. The number of rotatable bonds is 8. The van der Waals surface area contributed by atoms with Crippen molar-refractivity contribution in [2.45, 2.75) is 19.8 Å². The smallest absolute Gasteiger partial charge is 0.0159 e. The molecule has 0 aromatic carbocycles. The van der Waals surface area contributed by atoms with Crippen LogP contribution in [-0.4, -0.2) is 31.7 Å². The van der Waals surface area contributed by atoms with Crippen molar-refractivity contribution < 1.29 is 0 Å². The topological polar surface area (TPSA) is 39.8 Å². The fraction of sp³-hybridized carbons (Fsp3) is 0.667. The Morgan fingerprint density at radius 3 is 2.87 bits per heavy atom. The molecule has 0 radical (unpaired) electrons. The molecule has 0 amide bonds. The Bertz CT molecular complexity index is 231. The summed E-state index contributed by atoms with van der Waals surface area (Å²) in [6.07, 6.45) is 4.30. The Morgan fingerprint density at radius 1 is 1.40 bits per heavy atom. The number of aromatic nitrogens is 1. The molecule has 15 heavy (non-hydrogen) atoms. The molecule has 0 aliphatic heterocycles. The zero-order valence-electron chi connectivity index (χ0n) is 9.84. The maximum atomic E-state index is 3.50. The molecule has 0 spiro atoms. The molecule has 1 heterocycles. The van der Waals surface area contributed by atoms with Gasteiger partial charge in [-0.3, -0.25) is 0 Å². The first kappa shape index (κ1) is 12.3. The minimum atomic E-state index is 0.749. The van der Waals surface area contributed by atoms with Crippen molar-refractivity contribution in [2.24, 2.45) is 5.92 Å². The number of nitrogens with one attached hydrogen (secondary N) is 3. The molecule has 0 saturated heterocycles. The molecule has 1 aromatic rings. The standard InChI is InChI=1S/C12H23N3/c1-3-11(9-13-2)10-14-8-6-12-5-4-7-15-12/h4-5,7,11,13-15H,3,6,8-10H2,1-2H3. The van der Waals surface area contributed by atoms with Gasteiger partial charge in [-0.25, -0.2) is 0 Å². The second kappa shape index (κ2) is 7.49. The van der Waals surface area contributed by atoms with Crippen molar-refractivity contribution in [3.05, 3.63) is 24.0 Å². The van der Waals surface area contributed by atoms with Gasteiger partial charge >= 0.3 is 0 Å². The molecule has 0 fully saturated rings. The van der Waals surface area contributed by atoms with Gasteiger partial charge in [0.05, 0.1) is 0 Å². The summed E-state index contributed by atoms with van der Waals surface area (Å²) in [5.74, 6) is 0.749. The lowest BCUT2D eigenvalue weighted by Gasteiger charge is -2.14. The number of hydrogen-bond acceptors (Lipinski definition) is 2. The quantitative estimate of drug-likeness (QED) is 0.566. The van der Waals surface area contributed by atoms with Crippen LogP contribution in [-0.2, 0) is 6.42 Å². The highest BCUT2D eigenvalue weighted by atomic mass is 14.9. The molecule has 86 valence electrons. The van der Waals surface area contributed by atoms with Gasteiger partial charge in [-0.05, 0) is 44.6 Å². The monoisotopic (exact) mass is 209 g/mol. The maximum absolute atomic E-state index is 3.50. The third-order valence-corrected chi connectivity index (χ3v) is 2.74. The lowest BCUT2D eigenvalue weighted by molar-refractivity contribution is 0.446. The normalized spacial score (nSPS) is 12.9. The lowest BCUT2D eigenvalue weighted by Crippen LogP contribution is -2.30. The lowest BCUT2D eigenvalue weighted by atomic mass is 10.1. The Morgan fingerprint density at radius 2 is 2.27 bits per heavy atom. The van der Waals surface area contributed by atoms with Crippen LogP contribution in [0.4, 0.5) is 0 Å². The molecule has 1 unspecified atom stereocenters. The van der Waals surface area contributed by atoms with E-state index in [2.05, 4.69) is 28.6 Å². The first-order valence-corrected chi connectivity index (χ1v) is 5.84. The van der Waals surface area contributed by atoms with Gasteiger partial charge in [0.1, 0.15) is 0 Å². The SMILES string of the molecule is CCC(CNC)CNCCc1ccc[nH]1. The van der Waals surface area contributed by atoms with Crippen molar-refractivity contribution in [1.29, 1.82) is 0 Å². The molecule has 3 heteroatoms. The molecular formula is C12H23N3. The molecule has 3 nitrogen and oxygen atoms in total. The summed E-state index contributed by atoms with van der Waals surface area (Å²) in [5.41, 5.74) is 1.31. The predicted molar refractivity (Wildman–Crippen MR) is 65.1 cm³/mol. The van der Waals surface area contributed by atoms with Gasteiger partial charge < -0.3 is 15.6 Å². The van der Waals surface area contributed by atoms with E-state index in [1.807, 2.05) is 19.3 Å². The fourth-order valence-electron chi connectivity index (χ4n) is 1.70. The van der Waals surface area contributed by atoms with E-state index in [4.69, 9.17) is 0 Å². The van der Waals surface area contributed by atoms with Gasteiger partial charge in [0.2, 0.25) is 0 Å². The summed E-state index contributed by atoms with van der Waals surface area (Å²) in [6, 6.07) is 4.18. The van der Waals surface area contributed by atoms with Crippen molar-refractivity contribution in [3.63, 3.8) is 0 Å². The van der Waals surface area contributed by atoms with Gasteiger partial charge in [0.15, 0.2) is 0 Å². The van der Waals surface area contributed by atoms with Crippen LogP contribution in [0, 0.1) is 5.92 Å². The summed E-state index contributed by atoms with van der Waals surface area (Å²) >= 11 is 0. The van der Waals surface area contributed by atoms with Crippen LogP contribution in [0.3, 0.4) is 0 Å². The molecule has 3 N–H and O–H groups in total. The molecule has 0 aliphatic carbocycles. The summed E-state index contributed by atoms with van der Waals surface area (Å²) in [7, 11) is 2.02. The van der Waals surface area contributed by atoms with E-state index >= 15 is 0 Å². The van der Waals surface area contributed by atoms with Crippen molar-refractivity contribution in [1.82, 2.24) is 15.6 Å². The molecule has 1 atom stereocenters. The summed E-state index contributed by atoms with van der Waals surface area (Å²) < 4.78 is 0. The number of hydrogen-bond donors (Lipinski definition) is 3. The average molecular weight is 209 g/mol. The van der Waals surface area contributed by atoms with Crippen molar-refractivity contribution >= 4 is 0 Å². The third kappa shape index (κ3) is 5.00. The van der Waals surface area contributed by atoms with Crippen LogP contribution in [0.15, 0.2) is 18.3 Å². The largest absolute Gasteiger partial charge is 0.365 e. The van der Waals surface area contributed by atoms with E-state index in [0.717, 1.165) is 32.0 Å². The minimum absolute atomic E-state index is 0.749. The summed E-state index contributed by atoms with van der Waals surface area (Å²) in [4.78, 5) is 3.21. The first-order valence-electron chi connectivity index (χ1n) is 5.84. The van der Waals surface area contributed by atoms with Crippen LogP contribution in [0.5, 0.6) is 0 Å². The maximum Gasteiger partial charge on any atom is 0.0159 e. The van der Waals surface area contributed by atoms with E-state index in [0.29, 0.717) is 0 Å². The van der Waals surface area contributed by atoms with Crippen LogP contribution >= 0.6 is 0 Å².